The minimum Gasteiger partial charge on any atom is -1.00 e. The van der Waals surface area contributed by atoms with Crippen molar-refractivity contribution < 1.29 is 30.4 Å². The van der Waals surface area contributed by atoms with Crippen LogP contribution in [0.3, 0.4) is 0 Å². The molecule has 0 fully saturated rings. The van der Waals surface area contributed by atoms with Gasteiger partial charge in [0.1, 0.15) is 0 Å². The third-order valence-corrected chi connectivity index (χ3v) is 0.916. The molecule has 0 aromatic rings. The van der Waals surface area contributed by atoms with Gasteiger partial charge in [-0.2, -0.15) is 8.42 Å². The molecule has 0 atom stereocenters. The van der Waals surface area contributed by atoms with Crippen molar-refractivity contribution in [2.75, 3.05) is 0 Å². The molecule has 6 nitrogen and oxygen atoms in total. The number of hydrogen-bond acceptors (Lipinski definition) is 4. The normalized spacial score (nSPS) is 8.00. The van der Waals surface area contributed by atoms with Crippen molar-refractivity contribution >= 4 is 22.4 Å². The molecule has 0 spiro atoms. The summed E-state index contributed by atoms with van der Waals surface area (Å²) in [7, 11) is -4.28. The van der Waals surface area contributed by atoms with Crippen LogP contribution in [0.1, 0.15) is 0 Å². The van der Waals surface area contributed by atoms with Gasteiger partial charge in [0.2, 0.25) is 0 Å². The summed E-state index contributed by atoms with van der Waals surface area (Å²) in [5, 5.41) is 0. The standard InChI is InChI=1S/C2N2O4S.ClH/c5-1-3-9(7,8)4-2-6;/h;1H/p-1. The molecule has 56 valence electrons. The van der Waals surface area contributed by atoms with Gasteiger partial charge in [-0.1, -0.05) is 8.80 Å². The van der Waals surface area contributed by atoms with E-state index in [1.54, 1.807) is 0 Å². The molecule has 0 aliphatic heterocycles. The predicted molar refractivity (Wildman–Crippen MR) is 25.2 cm³/mol. The minimum absolute atomic E-state index is 0. The van der Waals surface area contributed by atoms with Crippen LogP contribution in [0.25, 0.3) is 0 Å². The van der Waals surface area contributed by atoms with E-state index in [4.69, 9.17) is 0 Å². The zero-order valence-corrected chi connectivity index (χ0v) is 5.89. The average Bonchev–Trinajstić information content (AvgIpc) is 1.64. The maximum Gasteiger partial charge on any atom is 0.383 e. The molecule has 0 bridgehead atoms. The molecule has 0 aliphatic carbocycles. The first-order chi connectivity index (χ1) is 4.12. The maximum absolute atomic E-state index is 9.97. The van der Waals surface area contributed by atoms with E-state index in [1.165, 1.54) is 0 Å². The van der Waals surface area contributed by atoms with Crippen molar-refractivity contribution in [1.82, 2.24) is 0 Å². The molecular formula is C2ClN2O4S-. The molecule has 0 saturated carbocycles. The lowest BCUT2D eigenvalue weighted by atomic mass is 11.7. The van der Waals surface area contributed by atoms with E-state index in [1.807, 2.05) is 0 Å². The Kier molecular flexibility index (Phi) is 5.69. The molecule has 0 heterocycles. The lowest BCUT2D eigenvalue weighted by Crippen LogP contribution is -3.00. The predicted octanol–water partition coefficient (Wildman–Crippen LogP) is -4.09. The van der Waals surface area contributed by atoms with E-state index in [0.717, 1.165) is 0 Å². The fourth-order valence-electron chi connectivity index (χ4n) is 0.115. The third-order valence-electron chi connectivity index (χ3n) is 0.305. The third kappa shape index (κ3) is 5.14. The second kappa shape index (κ2) is 4.84. The second-order valence-corrected chi connectivity index (χ2v) is 2.07. The number of halogens is 1. The quantitative estimate of drug-likeness (QED) is 0.321. The first-order valence-electron chi connectivity index (χ1n) is 1.55. The Hall–Kier alpha value is -1.00. The van der Waals surface area contributed by atoms with Crippen molar-refractivity contribution in [3.05, 3.63) is 0 Å². The van der Waals surface area contributed by atoms with Crippen molar-refractivity contribution in [2.45, 2.75) is 0 Å². The fraction of sp³-hybridized carbons (Fsp3) is 0. The van der Waals surface area contributed by atoms with Crippen LogP contribution < -0.4 is 12.4 Å². The topological polar surface area (TPSA) is 93.0 Å². The van der Waals surface area contributed by atoms with Crippen molar-refractivity contribution in [1.29, 1.82) is 0 Å². The van der Waals surface area contributed by atoms with Crippen molar-refractivity contribution in [3.63, 3.8) is 0 Å². The average molecular weight is 184 g/mol. The molecule has 0 radical (unpaired) electrons. The van der Waals surface area contributed by atoms with Gasteiger partial charge in [-0.25, -0.2) is 9.59 Å². The summed E-state index contributed by atoms with van der Waals surface area (Å²) in [5.74, 6) is 0. The van der Waals surface area contributed by atoms with E-state index in [9.17, 15) is 18.0 Å². The summed E-state index contributed by atoms with van der Waals surface area (Å²) in [6, 6.07) is 0. The van der Waals surface area contributed by atoms with Crippen LogP contribution in [0.2, 0.25) is 0 Å². The lowest BCUT2D eigenvalue weighted by Gasteiger charge is -1.72. The van der Waals surface area contributed by atoms with Crippen LogP contribution in [-0.2, 0) is 19.8 Å². The molecule has 0 amide bonds. The van der Waals surface area contributed by atoms with Gasteiger partial charge >= 0.3 is 10.2 Å². The summed E-state index contributed by atoms with van der Waals surface area (Å²) >= 11 is 0. The van der Waals surface area contributed by atoms with Crippen LogP contribution in [0.15, 0.2) is 8.80 Å². The van der Waals surface area contributed by atoms with Gasteiger partial charge in [0, 0.05) is 0 Å². The maximum atomic E-state index is 9.97. The number of nitrogens with zero attached hydrogens (tertiary/aromatic N) is 2. The summed E-state index contributed by atoms with van der Waals surface area (Å²) < 4.78 is 24.3. The van der Waals surface area contributed by atoms with Gasteiger partial charge < -0.3 is 12.4 Å². The van der Waals surface area contributed by atoms with E-state index in [0.29, 0.717) is 12.2 Å². The molecular weight excluding hydrogens is 184 g/mol. The van der Waals surface area contributed by atoms with Crippen LogP contribution in [-0.4, -0.2) is 20.6 Å². The van der Waals surface area contributed by atoms with Gasteiger partial charge in [-0.05, 0) is 0 Å². The fourth-order valence-corrected chi connectivity index (χ4v) is 0.344. The lowest BCUT2D eigenvalue weighted by molar-refractivity contribution is -0.00000687. The highest BCUT2D eigenvalue weighted by molar-refractivity contribution is 7.89. The Balaban J connectivity index is 0. The minimum atomic E-state index is -4.28. The molecule has 0 N–H and O–H groups in total. The molecule has 0 aliphatic rings. The zero-order valence-electron chi connectivity index (χ0n) is 4.31. The van der Waals surface area contributed by atoms with E-state index >= 15 is 0 Å². The van der Waals surface area contributed by atoms with Crippen LogP contribution >= 0.6 is 0 Å². The molecule has 0 aromatic heterocycles. The van der Waals surface area contributed by atoms with Gasteiger partial charge in [0.05, 0.1) is 0 Å². The molecule has 8 heteroatoms. The van der Waals surface area contributed by atoms with Crippen molar-refractivity contribution in [2.24, 2.45) is 8.80 Å². The first kappa shape index (κ1) is 11.8. The largest absolute Gasteiger partial charge is 1.00 e. The van der Waals surface area contributed by atoms with Gasteiger partial charge in [0.15, 0.2) is 0 Å². The Morgan fingerprint density at radius 1 is 1.00 bits per heavy atom. The van der Waals surface area contributed by atoms with Crippen LogP contribution in [0.5, 0.6) is 0 Å². The summed E-state index contributed by atoms with van der Waals surface area (Å²) in [6.45, 7) is 0. The zero-order chi connectivity index (χ0) is 7.33. The second-order valence-electron chi connectivity index (χ2n) is 0.813. The summed E-state index contributed by atoms with van der Waals surface area (Å²) in [5.41, 5.74) is 0. The number of carbonyl (C=O) groups excluding carboxylic acids is 2. The van der Waals surface area contributed by atoms with E-state index < -0.39 is 10.2 Å². The molecule has 0 unspecified atom stereocenters. The van der Waals surface area contributed by atoms with Crippen LogP contribution in [0.4, 0.5) is 0 Å². The van der Waals surface area contributed by atoms with Gasteiger partial charge in [-0.15, -0.1) is 0 Å². The first-order valence-corrected chi connectivity index (χ1v) is 2.95. The van der Waals surface area contributed by atoms with Crippen molar-refractivity contribution in [3.8, 4) is 0 Å². The van der Waals surface area contributed by atoms with E-state index in [-0.39, 0.29) is 12.4 Å². The Morgan fingerprint density at radius 3 is 1.50 bits per heavy atom. The molecule has 0 saturated heterocycles. The summed E-state index contributed by atoms with van der Waals surface area (Å²) in [4.78, 5) is 18.5. The highest BCUT2D eigenvalue weighted by Gasteiger charge is 2.00. The van der Waals surface area contributed by atoms with Gasteiger partial charge in [-0.3, -0.25) is 0 Å². The van der Waals surface area contributed by atoms with E-state index in [2.05, 4.69) is 8.80 Å². The Bertz CT molecular complexity index is 258. The Labute approximate surface area is 62.3 Å². The highest BCUT2D eigenvalue weighted by Crippen LogP contribution is 1.87. The summed E-state index contributed by atoms with van der Waals surface area (Å²) in [6.07, 6.45) is 1.41. The Morgan fingerprint density at radius 2 is 1.30 bits per heavy atom. The SMILES string of the molecule is O=C=NS(=O)(=O)N=C=O.[Cl-]. The number of rotatable bonds is 2. The highest BCUT2D eigenvalue weighted by atomic mass is 35.5. The number of hydrogen-bond donors (Lipinski definition) is 0. The van der Waals surface area contributed by atoms with Crippen LogP contribution in [0, 0.1) is 0 Å². The molecule has 10 heavy (non-hydrogen) atoms. The monoisotopic (exact) mass is 183 g/mol. The van der Waals surface area contributed by atoms with Gasteiger partial charge in [0.25, 0.3) is 12.2 Å². The smallest absolute Gasteiger partial charge is 0.383 e. The number of isocyanates is 2. The molecule has 0 rings (SSSR count). The molecule has 0 aromatic carbocycles.